The highest BCUT2D eigenvalue weighted by atomic mass is 79.9. The maximum Gasteiger partial charge on any atom is 0.0955 e. The third kappa shape index (κ3) is 1.79. The lowest BCUT2D eigenvalue weighted by Crippen LogP contribution is -1.84. The van der Waals surface area contributed by atoms with Gasteiger partial charge in [0.1, 0.15) is 0 Å². The van der Waals surface area contributed by atoms with Crippen molar-refractivity contribution in [2.24, 2.45) is 7.05 Å². The van der Waals surface area contributed by atoms with E-state index < -0.39 is 0 Å². The summed E-state index contributed by atoms with van der Waals surface area (Å²) in [6, 6.07) is 6.22. The van der Waals surface area contributed by atoms with Gasteiger partial charge in [0.2, 0.25) is 0 Å². The minimum Gasteiger partial charge on any atom is -0.334 e. The fraction of sp³-hybridized carbons (Fsp3) is 0.222. The largest absolute Gasteiger partial charge is 0.334 e. The van der Waals surface area contributed by atoms with Gasteiger partial charge in [-0.15, -0.1) is 17.0 Å². The van der Waals surface area contributed by atoms with Crippen LogP contribution in [-0.4, -0.2) is 9.55 Å². The summed E-state index contributed by atoms with van der Waals surface area (Å²) in [5.41, 5.74) is 3.52. The van der Waals surface area contributed by atoms with E-state index in [4.69, 9.17) is 0 Å². The third-order valence-electron chi connectivity index (χ3n) is 1.98. The molecular formula is C9H10Br2N2. The molecule has 1 heterocycles. The van der Waals surface area contributed by atoms with Crippen molar-refractivity contribution in [3.8, 4) is 0 Å². The number of nitrogens with zero attached hydrogens (tertiary/aromatic N) is 2. The summed E-state index contributed by atoms with van der Waals surface area (Å²) in [7, 11) is 2.01. The monoisotopic (exact) mass is 304 g/mol. The van der Waals surface area contributed by atoms with Crippen molar-refractivity contribution in [3.05, 3.63) is 30.1 Å². The quantitative estimate of drug-likeness (QED) is 0.741. The predicted octanol–water partition coefficient (Wildman–Crippen LogP) is 3.05. The fourth-order valence-electron chi connectivity index (χ4n) is 1.33. The average molecular weight is 306 g/mol. The first kappa shape index (κ1) is 10.7. The second-order valence-corrected chi connectivity index (χ2v) is 3.33. The Morgan fingerprint density at radius 2 is 2.23 bits per heavy atom. The van der Waals surface area contributed by atoms with Crippen LogP contribution in [0, 0.1) is 0 Å². The molecule has 0 spiro atoms. The second-order valence-electron chi connectivity index (χ2n) is 2.77. The van der Waals surface area contributed by atoms with Gasteiger partial charge in [-0.05, 0) is 11.6 Å². The molecule has 0 bridgehead atoms. The van der Waals surface area contributed by atoms with Crippen molar-refractivity contribution >= 4 is 43.9 Å². The predicted molar refractivity (Wildman–Crippen MR) is 63.7 cm³/mol. The van der Waals surface area contributed by atoms with E-state index in [1.807, 2.05) is 17.9 Å². The van der Waals surface area contributed by atoms with Gasteiger partial charge in [0.15, 0.2) is 0 Å². The molecule has 4 heteroatoms. The molecule has 2 nitrogen and oxygen atoms in total. The minimum absolute atomic E-state index is 0. The molecule has 0 saturated carbocycles. The summed E-state index contributed by atoms with van der Waals surface area (Å²) in [6.45, 7) is 0. The van der Waals surface area contributed by atoms with Gasteiger partial charge in [0.05, 0.1) is 17.4 Å². The second kappa shape index (κ2) is 4.24. The molecule has 0 aliphatic carbocycles. The topological polar surface area (TPSA) is 17.8 Å². The molecule has 0 unspecified atom stereocenters. The Morgan fingerprint density at radius 1 is 1.46 bits per heavy atom. The smallest absolute Gasteiger partial charge is 0.0955 e. The standard InChI is InChI=1S/C9H9BrN2.BrH/c1-12-6-11-9-7(5-10)3-2-4-8(9)12;/h2-4,6H,5H2,1H3;1H. The van der Waals surface area contributed by atoms with Crippen molar-refractivity contribution in [2.75, 3.05) is 0 Å². The number of hydrogen-bond donors (Lipinski definition) is 0. The molecule has 0 fully saturated rings. The van der Waals surface area contributed by atoms with Crippen molar-refractivity contribution in [2.45, 2.75) is 5.33 Å². The van der Waals surface area contributed by atoms with Crippen molar-refractivity contribution in [1.82, 2.24) is 9.55 Å². The number of imidazole rings is 1. The number of halogens is 2. The van der Waals surface area contributed by atoms with E-state index in [1.54, 1.807) is 0 Å². The molecule has 0 N–H and O–H groups in total. The summed E-state index contributed by atoms with van der Waals surface area (Å²) < 4.78 is 2.03. The van der Waals surface area contributed by atoms with E-state index in [-0.39, 0.29) is 17.0 Å². The van der Waals surface area contributed by atoms with E-state index in [2.05, 4.69) is 39.1 Å². The number of alkyl halides is 1. The molecule has 1 aromatic heterocycles. The van der Waals surface area contributed by atoms with Crippen molar-refractivity contribution in [1.29, 1.82) is 0 Å². The summed E-state index contributed by atoms with van der Waals surface area (Å²) >= 11 is 3.44. The van der Waals surface area contributed by atoms with E-state index in [0.29, 0.717) is 0 Å². The summed E-state index contributed by atoms with van der Waals surface area (Å²) in [5.74, 6) is 0. The summed E-state index contributed by atoms with van der Waals surface area (Å²) in [4.78, 5) is 4.32. The number of aryl methyl sites for hydroxylation is 1. The van der Waals surface area contributed by atoms with Crippen molar-refractivity contribution < 1.29 is 0 Å². The highest BCUT2D eigenvalue weighted by molar-refractivity contribution is 9.08. The van der Waals surface area contributed by atoms with Gasteiger partial charge in [-0.3, -0.25) is 0 Å². The van der Waals surface area contributed by atoms with Gasteiger partial charge >= 0.3 is 0 Å². The Balaban J connectivity index is 0.000000845. The Kier molecular flexibility index (Phi) is 3.50. The van der Waals surface area contributed by atoms with Gasteiger partial charge in [-0.25, -0.2) is 4.98 Å². The average Bonchev–Trinajstić information content (AvgIpc) is 2.48. The SMILES string of the molecule is Br.Cn1cnc2c(CBr)cccc21. The van der Waals surface area contributed by atoms with Crippen LogP contribution < -0.4 is 0 Å². The van der Waals surface area contributed by atoms with Crippen LogP contribution in [-0.2, 0) is 12.4 Å². The van der Waals surface area contributed by atoms with Crippen LogP contribution in [0.1, 0.15) is 5.56 Å². The zero-order chi connectivity index (χ0) is 8.55. The van der Waals surface area contributed by atoms with Crippen LogP contribution in [0.2, 0.25) is 0 Å². The lowest BCUT2D eigenvalue weighted by atomic mass is 10.2. The molecule has 0 saturated heterocycles. The maximum atomic E-state index is 4.32. The molecule has 1 aromatic carbocycles. The highest BCUT2D eigenvalue weighted by Gasteiger charge is 2.02. The van der Waals surface area contributed by atoms with Crippen molar-refractivity contribution in [3.63, 3.8) is 0 Å². The lowest BCUT2D eigenvalue weighted by Gasteiger charge is -1.97. The molecule has 70 valence electrons. The molecule has 13 heavy (non-hydrogen) atoms. The number of rotatable bonds is 1. The molecule has 0 aliphatic rings. The first-order valence-corrected chi connectivity index (χ1v) is 4.90. The molecule has 0 radical (unpaired) electrons. The molecular weight excluding hydrogens is 296 g/mol. The zero-order valence-corrected chi connectivity index (χ0v) is 10.5. The minimum atomic E-state index is 0. The Morgan fingerprint density at radius 3 is 2.92 bits per heavy atom. The number of aromatic nitrogens is 2. The number of para-hydroxylation sites is 1. The zero-order valence-electron chi connectivity index (χ0n) is 7.20. The van der Waals surface area contributed by atoms with Gasteiger partial charge in [-0.2, -0.15) is 0 Å². The van der Waals surface area contributed by atoms with Gasteiger partial charge < -0.3 is 4.57 Å². The van der Waals surface area contributed by atoms with E-state index in [1.165, 1.54) is 11.1 Å². The maximum absolute atomic E-state index is 4.32. The number of benzene rings is 1. The van der Waals surface area contributed by atoms with Crippen LogP contribution >= 0.6 is 32.9 Å². The first-order chi connectivity index (χ1) is 5.83. The Bertz CT molecular complexity index is 409. The molecule has 0 atom stereocenters. The van der Waals surface area contributed by atoms with Gasteiger partial charge in [-0.1, -0.05) is 28.1 Å². The fourth-order valence-corrected chi connectivity index (χ4v) is 1.78. The van der Waals surface area contributed by atoms with E-state index >= 15 is 0 Å². The van der Waals surface area contributed by atoms with Crippen LogP contribution in [0.25, 0.3) is 11.0 Å². The Labute approximate surface area is 95.9 Å². The van der Waals surface area contributed by atoms with Crippen LogP contribution in [0.5, 0.6) is 0 Å². The molecule has 2 rings (SSSR count). The van der Waals surface area contributed by atoms with Gasteiger partial charge in [0, 0.05) is 12.4 Å². The molecule has 0 amide bonds. The molecule has 2 aromatic rings. The van der Waals surface area contributed by atoms with Gasteiger partial charge in [0.25, 0.3) is 0 Å². The van der Waals surface area contributed by atoms with Crippen LogP contribution in [0.15, 0.2) is 24.5 Å². The lowest BCUT2D eigenvalue weighted by molar-refractivity contribution is 0.948. The molecule has 0 aliphatic heterocycles. The highest BCUT2D eigenvalue weighted by Crippen LogP contribution is 2.18. The first-order valence-electron chi connectivity index (χ1n) is 3.78. The number of fused-ring (bicyclic) bond motifs is 1. The number of hydrogen-bond acceptors (Lipinski definition) is 1. The Hall–Kier alpha value is -0.350. The van der Waals surface area contributed by atoms with Crippen LogP contribution in [0.3, 0.4) is 0 Å². The van der Waals surface area contributed by atoms with E-state index in [0.717, 1.165) is 10.8 Å². The van der Waals surface area contributed by atoms with E-state index in [9.17, 15) is 0 Å². The van der Waals surface area contributed by atoms with Crippen LogP contribution in [0.4, 0.5) is 0 Å². The summed E-state index contributed by atoms with van der Waals surface area (Å²) in [6.07, 6.45) is 1.84. The normalized spacial score (nSPS) is 10.0. The summed E-state index contributed by atoms with van der Waals surface area (Å²) in [5, 5.41) is 0.862. The third-order valence-corrected chi connectivity index (χ3v) is 2.59.